The Morgan fingerprint density at radius 3 is 2.53 bits per heavy atom. The Morgan fingerprint density at radius 1 is 1.17 bits per heavy atom. The highest BCUT2D eigenvalue weighted by molar-refractivity contribution is 7.21. The fraction of sp³-hybridized carbons (Fsp3) is 0.261. The highest BCUT2D eigenvalue weighted by Gasteiger charge is 2.23. The van der Waals surface area contributed by atoms with Gasteiger partial charge in [0.1, 0.15) is 11.0 Å². The Morgan fingerprint density at radius 2 is 1.90 bits per heavy atom. The monoisotopic (exact) mass is 438 g/mol. The summed E-state index contributed by atoms with van der Waals surface area (Å²) in [6, 6.07) is 13.7. The van der Waals surface area contributed by atoms with Crippen LogP contribution in [0.1, 0.15) is 36.3 Å². The van der Waals surface area contributed by atoms with E-state index in [4.69, 9.17) is 16.6 Å². The first-order chi connectivity index (χ1) is 14.4. The maximum atomic E-state index is 12.9. The lowest BCUT2D eigenvalue weighted by atomic mass is 10.1. The molecule has 0 bridgehead atoms. The van der Waals surface area contributed by atoms with Crippen LogP contribution in [0, 0.1) is 20.8 Å². The Bertz CT molecular complexity index is 1230. The highest BCUT2D eigenvalue weighted by atomic mass is 35.5. The van der Waals surface area contributed by atoms with Crippen LogP contribution in [-0.2, 0) is 4.79 Å². The van der Waals surface area contributed by atoms with Crippen molar-refractivity contribution in [2.24, 2.45) is 0 Å². The number of anilines is 1. The van der Waals surface area contributed by atoms with Gasteiger partial charge in [-0.3, -0.25) is 9.48 Å². The molecule has 0 fully saturated rings. The van der Waals surface area contributed by atoms with E-state index >= 15 is 0 Å². The molecule has 30 heavy (non-hydrogen) atoms. The summed E-state index contributed by atoms with van der Waals surface area (Å²) >= 11 is 7.93. The minimum Gasteiger partial charge on any atom is -0.324 e. The smallest absolute Gasteiger partial charge is 0.249 e. The number of nitrogens with one attached hydrogen (secondary N) is 1. The van der Waals surface area contributed by atoms with Crippen LogP contribution in [0.3, 0.4) is 0 Å². The number of aryl methyl sites for hydroxylation is 2. The first-order valence-electron chi connectivity index (χ1n) is 9.87. The zero-order chi connectivity index (χ0) is 21.4. The van der Waals surface area contributed by atoms with E-state index in [0.717, 1.165) is 33.2 Å². The van der Waals surface area contributed by atoms with E-state index < -0.39 is 6.04 Å². The van der Waals surface area contributed by atoms with Crippen molar-refractivity contribution in [3.8, 4) is 10.6 Å². The third-order valence-electron chi connectivity index (χ3n) is 5.16. The summed E-state index contributed by atoms with van der Waals surface area (Å²) in [5.41, 5.74) is 5.54. The zero-order valence-corrected chi connectivity index (χ0v) is 18.9. The fourth-order valence-electron chi connectivity index (χ4n) is 3.49. The summed E-state index contributed by atoms with van der Waals surface area (Å²) in [4.78, 5) is 17.6. The Hall–Kier alpha value is -2.70. The summed E-state index contributed by atoms with van der Waals surface area (Å²) in [5, 5.41) is 9.02. The van der Waals surface area contributed by atoms with Gasteiger partial charge in [0, 0.05) is 11.3 Å². The van der Waals surface area contributed by atoms with Gasteiger partial charge in [-0.2, -0.15) is 5.10 Å². The fourth-order valence-corrected chi connectivity index (χ4v) is 4.69. The molecule has 1 amide bonds. The van der Waals surface area contributed by atoms with Crippen molar-refractivity contribution in [1.82, 2.24) is 14.8 Å². The van der Waals surface area contributed by atoms with E-state index in [2.05, 4.69) is 35.5 Å². The van der Waals surface area contributed by atoms with Crippen LogP contribution < -0.4 is 5.32 Å². The predicted octanol–water partition coefficient (Wildman–Crippen LogP) is 6.33. The number of nitrogens with zero attached hydrogens (tertiary/aromatic N) is 3. The Kier molecular flexibility index (Phi) is 5.62. The molecule has 0 aliphatic heterocycles. The number of hydrogen-bond acceptors (Lipinski definition) is 4. The summed E-state index contributed by atoms with van der Waals surface area (Å²) in [6.07, 6.45) is 0.618. The maximum absolute atomic E-state index is 12.9. The molecule has 0 saturated carbocycles. The van der Waals surface area contributed by atoms with Crippen LogP contribution in [0.4, 0.5) is 5.69 Å². The SMILES string of the molecule is CCC(C(=O)Nc1ccc(-c2nc3ccc(C)cc3s2)cc1)n1nc(C)c(Cl)c1C. The molecule has 0 aliphatic rings. The molecule has 154 valence electrons. The number of halogens is 1. The Labute approximate surface area is 184 Å². The molecular formula is C23H23ClN4OS. The van der Waals surface area contributed by atoms with Crippen molar-refractivity contribution in [2.45, 2.75) is 40.2 Å². The van der Waals surface area contributed by atoms with Crippen LogP contribution in [0.2, 0.25) is 5.02 Å². The summed E-state index contributed by atoms with van der Waals surface area (Å²) in [5.74, 6) is -0.108. The van der Waals surface area contributed by atoms with Crippen LogP contribution in [0.5, 0.6) is 0 Å². The average molecular weight is 439 g/mol. The molecule has 0 saturated heterocycles. The predicted molar refractivity (Wildman–Crippen MR) is 124 cm³/mol. The van der Waals surface area contributed by atoms with Crippen LogP contribution >= 0.6 is 22.9 Å². The summed E-state index contributed by atoms with van der Waals surface area (Å²) in [6.45, 7) is 7.78. The van der Waals surface area contributed by atoms with Gasteiger partial charge in [-0.05, 0) is 69.2 Å². The van der Waals surface area contributed by atoms with E-state index in [1.807, 2.05) is 45.0 Å². The molecule has 2 heterocycles. The van der Waals surface area contributed by atoms with Gasteiger partial charge in [0.05, 0.1) is 26.6 Å². The average Bonchev–Trinajstić information content (AvgIpc) is 3.25. The van der Waals surface area contributed by atoms with Crippen LogP contribution in [0.15, 0.2) is 42.5 Å². The molecule has 2 aromatic carbocycles. The maximum Gasteiger partial charge on any atom is 0.249 e. The number of fused-ring (bicyclic) bond motifs is 1. The van der Waals surface area contributed by atoms with Gasteiger partial charge in [-0.25, -0.2) is 4.98 Å². The van der Waals surface area contributed by atoms with E-state index in [1.165, 1.54) is 10.3 Å². The van der Waals surface area contributed by atoms with Crippen molar-refractivity contribution in [1.29, 1.82) is 0 Å². The van der Waals surface area contributed by atoms with Crippen molar-refractivity contribution >= 4 is 44.7 Å². The number of thiazole rings is 1. The first-order valence-corrected chi connectivity index (χ1v) is 11.1. The van der Waals surface area contributed by atoms with Crippen molar-refractivity contribution in [3.63, 3.8) is 0 Å². The van der Waals surface area contributed by atoms with E-state index in [1.54, 1.807) is 16.0 Å². The van der Waals surface area contributed by atoms with Crippen molar-refractivity contribution in [3.05, 3.63) is 64.4 Å². The molecule has 4 aromatic rings. The first kappa shape index (κ1) is 20.6. The minimum absolute atomic E-state index is 0.108. The van der Waals surface area contributed by atoms with Gasteiger partial charge in [0.25, 0.3) is 0 Å². The molecule has 0 aliphatic carbocycles. The zero-order valence-electron chi connectivity index (χ0n) is 17.4. The molecule has 1 N–H and O–H groups in total. The second-order valence-electron chi connectivity index (χ2n) is 7.41. The minimum atomic E-state index is -0.414. The normalized spacial score (nSPS) is 12.3. The van der Waals surface area contributed by atoms with E-state index in [-0.39, 0.29) is 5.91 Å². The number of carbonyl (C=O) groups is 1. The number of rotatable bonds is 5. The number of hydrogen-bond donors (Lipinski definition) is 1. The van der Waals surface area contributed by atoms with E-state index in [9.17, 15) is 4.79 Å². The molecule has 4 rings (SSSR count). The molecule has 1 atom stereocenters. The van der Waals surface area contributed by atoms with Gasteiger partial charge in [0.15, 0.2) is 0 Å². The number of carbonyl (C=O) groups excluding carboxylic acids is 1. The third kappa shape index (κ3) is 3.85. The lowest BCUT2D eigenvalue weighted by Gasteiger charge is -2.17. The van der Waals surface area contributed by atoms with Gasteiger partial charge >= 0.3 is 0 Å². The summed E-state index contributed by atoms with van der Waals surface area (Å²) in [7, 11) is 0. The topological polar surface area (TPSA) is 59.8 Å². The van der Waals surface area contributed by atoms with Gasteiger partial charge < -0.3 is 5.32 Å². The second-order valence-corrected chi connectivity index (χ2v) is 8.82. The number of amides is 1. The van der Waals surface area contributed by atoms with Crippen molar-refractivity contribution in [2.75, 3.05) is 5.32 Å². The molecular weight excluding hydrogens is 416 g/mol. The largest absolute Gasteiger partial charge is 0.324 e. The van der Waals surface area contributed by atoms with Gasteiger partial charge in [-0.1, -0.05) is 24.6 Å². The lowest BCUT2D eigenvalue weighted by molar-refractivity contribution is -0.119. The highest BCUT2D eigenvalue weighted by Crippen LogP contribution is 2.31. The molecule has 0 spiro atoms. The molecule has 0 radical (unpaired) electrons. The van der Waals surface area contributed by atoms with Crippen LogP contribution in [-0.4, -0.2) is 20.7 Å². The second kappa shape index (κ2) is 8.20. The molecule has 1 unspecified atom stereocenters. The number of aromatic nitrogens is 3. The standard InChI is InChI=1S/C23H23ClN4OS/c1-5-19(28-15(4)21(24)14(3)27-28)22(29)25-17-9-7-16(8-10-17)23-26-18-11-6-13(2)12-20(18)30-23/h6-12,19H,5H2,1-4H3,(H,25,29). The van der Waals surface area contributed by atoms with Crippen molar-refractivity contribution < 1.29 is 4.79 Å². The quantitative estimate of drug-likeness (QED) is 0.396. The summed E-state index contributed by atoms with van der Waals surface area (Å²) < 4.78 is 2.89. The lowest BCUT2D eigenvalue weighted by Crippen LogP contribution is -2.27. The third-order valence-corrected chi connectivity index (χ3v) is 6.78. The molecule has 2 aromatic heterocycles. The van der Waals surface area contributed by atoms with Gasteiger partial charge in [0.2, 0.25) is 5.91 Å². The van der Waals surface area contributed by atoms with Crippen LogP contribution in [0.25, 0.3) is 20.8 Å². The number of benzene rings is 2. The van der Waals surface area contributed by atoms with Gasteiger partial charge in [-0.15, -0.1) is 11.3 Å². The molecule has 5 nitrogen and oxygen atoms in total. The Balaban J connectivity index is 1.53. The molecule has 7 heteroatoms. The van der Waals surface area contributed by atoms with E-state index in [0.29, 0.717) is 11.4 Å².